The number of carboxylic acid groups (broad SMARTS) is 1. The fraction of sp³-hybridized carbons (Fsp3) is 0.318. The second-order valence-electron chi connectivity index (χ2n) is 7.72. The molecule has 0 saturated carbocycles. The molecule has 1 aliphatic heterocycles. The van der Waals surface area contributed by atoms with Crippen LogP contribution in [0.4, 0.5) is 0 Å². The Kier molecular flexibility index (Phi) is 4.74. The smallest absolute Gasteiger partial charge is 0.337 e. The lowest BCUT2D eigenvalue weighted by Gasteiger charge is -2.17. The number of carboxylic acids is 1. The summed E-state index contributed by atoms with van der Waals surface area (Å²) in [5.41, 5.74) is 3.47. The first-order chi connectivity index (χ1) is 13.8. The summed E-state index contributed by atoms with van der Waals surface area (Å²) in [7, 11) is 1.92. The largest absolute Gasteiger partial charge is 0.508 e. The highest BCUT2D eigenvalue weighted by Gasteiger charge is 2.30. The molecule has 1 amide bonds. The van der Waals surface area contributed by atoms with Gasteiger partial charge >= 0.3 is 5.97 Å². The summed E-state index contributed by atoms with van der Waals surface area (Å²) >= 11 is 0. The van der Waals surface area contributed by atoms with Gasteiger partial charge in [-0.2, -0.15) is 0 Å². The van der Waals surface area contributed by atoms with Gasteiger partial charge in [-0.05, 0) is 55.5 Å². The number of benzene rings is 1. The van der Waals surface area contributed by atoms with Crippen molar-refractivity contribution in [3.8, 4) is 5.75 Å². The van der Waals surface area contributed by atoms with Gasteiger partial charge in [0.2, 0.25) is 0 Å². The van der Waals surface area contributed by atoms with E-state index in [0.717, 1.165) is 28.6 Å². The summed E-state index contributed by atoms with van der Waals surface area (Å²) in [6.07, 6.45) is 4.58. The van der Waals surface area contributed by atoms with E-state index in [4.69, 9.17) is 5.11 Å². The Morgan fingerprint density at radius 1 is 1.24 bits per heavy atom. The summed E-state index contributed by atoms with van der Waals surface area (Å²) in [4.78, 5) is 30.3. The molecule has 0 spiro atoms. The lowest BCUT2D eigenvalue weighted by atomic mass is 9.99. The van der Waals surface area contributed by atoms with Gasteiger partial charge in [0, 0.05) is 49.1 Å². The Morgan fingerprint density at radius 2 is 2.03 bits per heavy atom. The molecular formula is C22H23N3O4. The van der Waals surface area contributed by atoms with E-state index in [1.807, 2.05) is 29.5 Å². The molecule has 1 aliphatic rings. The fourth-order valence-electron chi connectivity index (χ4n) is 4.22. The predicted molar refractivity (Wildman–Crippen MR) is 108 cm³/mol. The van der Waals surface area contributed by atoms with Crippen LogP contribution in [0.15, 0.2) is 36.7 Å². The maximum absolute atomic E-state index is 13.3. The van der Waals surface area contributed by atoms with E-state index in [1.165, 1.54) is 6.20 Å². The first-order valence-corrected chi connectivity index (χ1v) is 9.59. The topological polar surface area (TPSA) is 95.7 Å². The first kappa shape index (κ1) is 19.0. The number of aryl methyl sites for hydroxylation is 1. The number of hydrogen-bond acceptors (Lipinski definition) is 4. The van der Waals surface area contributed by atoms with Crippen LogP contribution in [0.5, 0.6) is 5.75 Å². The number of nitrogens with zero attached hydrogens (tertiary/aromatic N) is 3. The number of phenolic OH excluding ortho intramolecular Hbond substituents is 1. The van der Waals surface area contributed by atoms with Gasteiger partial charge < -0.3 is 19.7 Å². The number of rotatable bonds is 4. The maximum Gasteiger partial charge on any atom is 0.337 e. The van der Waals surface area contributed by atoms with Crippen molar-refractivity contribution in [3.63, 3.8) is 0 Å². The van der Waals surface area contributed by atoms with Gasteiger partial charge in [0.1, 0.15) is 5.75 Å². The predicted octanol–water partition coefficient (Wildman–Crippen LogP) is 2.99. The van der Waals surface area contributed by atoms with Crippen LogP contribution >= 0.6 is 0 Å². The van der Waals surface area contributed by atoms with E-state index in [9.17, 15) is 14.7 Å². The molecule has 3 heterocycles. The Labute approximate surface area is 168 Å². The van der Waals surface area contributed by atoms with Crippen LogP contribution in [-0.4, -0.2) is 49.6 Å². The highest BCUT2D eigenvalue weighted by Crippen LogP contribution is 2.31. The van der Waals surface area contributed by atoms with Crippen molar-refractivity contribution in [2.24, 2.45) is 13.0 Å². The van der Waals surface area contributed by atoms with Crippen LogP contribution in [0.1, 0.15) is 38.4 Å². The van der Waals surface area contributed by atoms with Crippen molar-refractivity contribution < 1.29 is 19.8 Å². The molecule has 2 aromatic heterocycles. The Balaban J connectivity index is 1.54. The molecule has 1 saturated heterocycles. The van der Waals surface area contributed by atoms with E-state index in [2.05, 4.69) is 4.98 Å². The quantitative estimate of drug-likeness (QED) is 0.710. The van der Waals surface area contributed by atoms with E-state index < -0.39 is 5.97 Å². The van der Waals surface area contributed by atoms with Gasteiger partial charge in [-0.1, -0.05) is 0 Å². The van der Waals surface area contributed by atoms with Gasteiger partial charge in [0.05, 0.1) is 11.1 Å². The molecule has 3 aromatic rings. The van der Waals surface area contributed by atoms with Crippen LogP contribution in [0, 0.1) is 12.8 Å². The zero-order valence-electron chi connectivity index (χ0n) is 16.4. The molecule has 2 N–H and O–H groups in total. The van der Waals surface area contributed by atoms with E-state index >= 15 is 0 Å². The third-order valence-electron chi connectivity index (χ3n) is 5.83. The Hall–Kier alpha value is -3.35. The van der Waals surface area contributed by atoms with Crippen LogP contribution in [-0.2, 0) is 13.5 Å². The fourth-order valence-corrected chi connectivity index (χ4v) is 4.22. The number of phenols is 1. The molecule has 0 bridgehead atoms. The molecule has 7 heteroatoms. The van der Waals surface area contributed by atoms with Crippen molar-refractivity contribution in [2.45, 2.75) is 19.8 Å². The van der Waals surface area contributed by atoms with Crippen molar-refractivity contribution in [1.82, 2.24) is 14.5 Å². The SMILES string of the molecule is Cc1c(C(=O)N2CCC(Cc3cncc(C(=O)O)c3)C2)c2cc(O)ccc2n1C. The first-order valence-electron chi connectivity index (χ1n) is 9.59. The van der Waals surface area contributed by atoms with Gasteiger partial charge in [0.15, 0.2) is 0 Å². The summed E-state index contributed by atoms with van der Waals surface area (Å²) in [6, 6.07) is 6.74. The average Bonchev–Trinajstić information content (AvgIpc) is 3.25. The van der Waals surface area contributed by atoms with Gasteiger partial charge in [-0.3, -0.25) is 9.78 Å². The number of aromatic hydroxyl groups is 1. The molecule has 1 unspecified atom stereocenters. The van der Waals surface area contributed by atoms with Crippen LogP contribution < -0.4 is 0 Å². The summed E-state index contributed by atoms with van der Waals surface area (Å²) in [6.45, 7) is 3.19. The third kappa shape index (κ3) is 3.44. The maximum atomic E-state index is 13.3. The molecule has 1 atom stereocenters. The molecular weight excluding hydrogens is 370 g/mol. The monoisotopic (exact) mass is 393 g/mol. The molecule has 0 aliphatic carbocycles. The summed E-state index contributed by atoms with van der Waals surface area (Å²) in [5, 5.41) is 19.8. The van der Waals surface area contributed by atoms with Crippen molar-refractivity contribution in [3.05, 3.63) is 59.0 Å². The van der Waals surface area contributed by atoms with E-state index in [-0.39, 0.29) is 23.1 Å². The van der Waals surface area contributed by atoms with E-state index in [0.29, 0.717) is 25.1 Å². The molecule has 1 aromatic carbocycles. The lowest BCUT2D eigenvalue weighted by molar-refractivity contribution is 0.0695. The molecule has 7 nitrogen and oxygen atoms in total. The molecule has 150 valence electrons. The molecule has 4 rings (SSSR count). The minimum absolute atomic E-state index is 0.0291. The van der Waals surface area contributed by atoms with Gasteiger partial charge in [-0.25, -0.2) is 4.79 Å². The number of hydrogen-bond donors (Lipinski definition) is 2. The normalized spacial score (nSPS) is 16.5. The lowest BCUT2D eigenvalue weighted by Crippen LogP contribution is -2.29. The highest BCUT2D eigenvalue weighted by atomic mass is 16.4. The third-order valence-corrected chi connectivity index (χ3v) is 5.83. The number of carbonyl (C=O) groups is 2. The summed E-state index contributed by atoms with van der Waals surface area (Å²) in [5.74, 6) is -0.619. The van der Waals surface area contributed by atoms with Gasteiger partial charge in [-0.15, -0.1) is 0 Å². The standard InChI is InChI=1S/C22H23N3O4/c1-13-20(18-9-17(26)3-4-19(18)24(13)2)21(27)25-6-5-14(12-25)7-15-8-16(22(28)29)11-23-10-15/h3-4,8-11,14,26H,5-7,12H2,1-2H3,(H,28,29). The van der Waals surface area contributed by atoms with Crippen molar-refractivity contribution >= 4 is 22.8 Å². The minimum Gasteiger partial charge on any atom is -0.508 e. The number of aromatic carboxylic acids is 1. The second-order valence-corrected chi connectivity index (χ2v) is 7.72. The zero-order valence-corrected chi connectivity index (χ0v) is 16.4. The number of fused-ring (bicyclic) bond motifs is 1. The molecule has 29 heavy (non-hydrogen) atoms. The van der Waals surface area contributed by atoms with Crippen molar-refractivity contribution in [1.29, 1.82) is 0 Å². The number of likely N-dealkylation sites (tertiary alicyclic amines) is 1. The number of pyridine rings is 1. The highest BCUT2D eigenvalue weighted by molar-refractivity contribution is 6.08. The van der Waals surface area contributed by atoms with Crippen LogP contribution in [0.3, 0.4) is 0 Å². The molecule has 1 fully saturated rings. The summed E-state index contributed by atoms with van der Waals surface area (Å²) < 4.78 is 1.97. The Bertz CT molecular complexity index is 1120. The zero-order chi connectivity index (χ0) is 20.7. The average molecular weight is 393 g/mol. The van der Waals surface area contributed by atoms with Crippen molar-refractivity contribution in [2.75, 3.05) is 13.1 Å². The molecule has 0 radical (unpaired) electrons. The number of amides is 1. The Morgan fingerprint density at radius 3 is 2.79 bits per heavy atom. The van der Waals surface area contributed by atoms with E-state index in [1.54, 1.807) is 24.4 Å². The number of aromatic nitrogens is 2. The second kappa shape index (κ2) is 7.24. The van der Waals surface area contributed by atoms with Gasteiger partial charge in [0.25, 0.3) is 5.91 Å². The number of carbonyl (C=O) groups excluding carboxylic acids is 1. The van der Waals surface area contributed by atoms with Crippen LogP contribution in [0.25, 0.3) is 10.9 Å². The van der Waals surface area contributed by atoms with Crippen LogP contribution in [0.2, 0.25) is 0 Å². The minimum atomic E-state index is -0.989.